The average molecular weight is 236 g/mol. The fraction of sp³-hybridized carbons (Fsp3) is 0.250. The molecular formula is C12H10F2N2O. The third-order valence-corrected chi connectivity index (χ3v) is 3.05. The zero-order valence-electron chi connectivity index (χ0n) is 8.85. The number of aliphatic hydroxyl groups excluding tert-OH is 1. The van der Waals surface area contributed by atoms with Crippen LogP contribution in [-0.2, 0) is 0 Å². The molecule has 2 atom stereocenters. The van der Waals surface area contributed by atoms with Crippen LogP contribution in [0.3, 0.4) is 0 Å². The number of aliphatic hydroxyl groups is 1. The van der Waals surface area contributed by atoms with E-state index >= 15 is 0 Å². The standard InChI is InChI=1S/C12H10F2N2O/c13-8-3-7(4-9(14)5-8)10-6-11(17)12-15-1-2-16(10)12/h1-5,10-11,17H,6H2. The van der Waals surface area contributed by atoms with Crippen LogP contribution in [0.2, 0.25) is 0 Å². The number of halogens is 2. The van der Waals surface area contributed by atoms with Gasteiger partial charge in [-0.05, 0) is 17.7 Å². The average Bonchev–Trinajstić information content (AvgIpc) is 2.81. The molecule has 2 unspecified atom stereocenters. The molecular weight excluding hydrogens is 226 g/mol. The summed E-state index contributed by atoms with van der Waals surface area (Å²) in [6.45, 7) is 0. The van der Waals surface area contributed by atoms with Crippen molar-refractivity contribution in [3.8, 4) is 0 Å². The predicted octanol–water partition coefficient (Wildman–Crippen LogP) is 2.19. The van der Waals surface area contributed by atoms with Gasteiger partial charge in [0.15, 0.2) is 0 Å². The maximum absolute atomic E-state index is 13.2. The van der Waals surface area contributed by atoms with Crippen LogP contribution in [0, 0.1) is 11.6 Å². The van der Waals surface area contributed by atoms with Crippen molar-refractivity contribution in [1.82, 2.24) is 9.55 Å². The second kappa shape index (κ2) is 3.63. The number of hydrogen-bond acceptors (Lipinski definition) is 2. The Morgan fingerprint density at radius 1 is 1.24 bits per heavy atom. The molecule has 88 valence electrons. The van der Waals surface area contributed by atoms with Crippen molar-refractivity contribution in [3.63, 3.8) is 0 Å². The molecule has 1 aromatic heterocycles. The van der Waals surface area contributed by atoms with Gasteiger partial charge >= 0.3 is 0 Å². The van der Waals surface area contributed by atoms with Gasteiger partial charge in [-0.25, -0.2) is 13.8 Å². The normalized spacial score (nSPS) is 22.8. The molecule has 0 saturated heterocycles. The van der Waals surface area contributed by atoms with Crippen LogP contribution in [-0.4, -0.2) is 14.7 Å². The minimum absolute atomic E-state index is 0.257. The summed E-state index contributed by atoms with van der Waals surface area (Å²) >= 11 is 0. The van der Waals surface area contributed by atoms with E-state index in [0.717, 1.165) is 6.07 Å². The molecule has 0 bridgehead atoms. The summed E-state index contributed by atoms with van der Waals surface area (Å²) in [4.78, 5) is 4.02. The molecule has 0 spiro atoms. The first-order valence-electron chi connectivity index (χ1n) is 5.32. The minimum Gasteiger partial charge on any atom is -0.385 e. The van der Waals surface area contributed by atoms with E-state index in [1.807, 2.05) is 0 Å². The molecule has 3 rings (SSSR count). The van der Waals surface area contributed by atoms with E-state index < -0.39 is 17.7 Å². The van der Waals surface area contributed by atoms with E-state index in [1.165, 1.54) is 12.1 Å². The first kappa shape index (κ1) is 10.4. The van der Waals surface area contributed by atoms with Crippen molar-refractivity contribution < 1.29 is 13.9 Å². The highest BCUT2D eigenvalue weighted by Gasteiger charge is 2.31. The van der Waals surface area contributed by atoms with Crippen LogP contribution in [0.25, 0.3) is 0 Å². The van der Waals surface area contributed by atoms with E-state index in [-0.39, 0.29) is 6.04 Å². The van der Waals surface area contributed by atoms with Gasteiger partial charge in [-0.15, -0.1) is 0 Å². The van der Waals surface area contributed by atoms with Gasteiger partial charge in [0.25, 0.3) is 0 Å². The second-order valence-electron chi connectivity index (χ2n) is 4.16. The SMILES string of the molecule is OC1CC(c2cc(F)cc(F)c2)n2ccnc21. The fourth-order valence-electron chi connectivity index (χ4n) is 2.34. The van der Waals surface area contributed by atoms with Crippen molar-refractivity contribution in [2.24, 2.45) is 0 Å². The topological polar surface area (TPSA) is 38.0 Å². The smallest absolute Gasteiger partial charge is 0.138 e. The summed E-state index contributed by atoms with van der Waals surface area (Å²) in [5, 5.41) is 9.77. The largest absolute Gasteiger partial charge is 0.385 e. The van der Waals surface area contributed by atoms with Crippen LogP contribution in [0.15, 0.2) is 30.6 Å². The van der Waals surface area contributed by atoms with Gasteiger partial charge in [-0.1, -0.05) is 0 Å². The molecule has 0 radical (unpaired) electrons. The fourth-order valence-corrected chi connectivity index (χ4v) is 2.34. The summed E-state index contributed by atoms with van der Waals surface area (Å²) in [5.41, 5.74) is 0.512. The monoisotopic (exact) mass is 236 g/mol. The molecule has 1 N–H and O–H groups in total. The Labute approximate surface area is 96.3 Å². The number of benzene rings is 1. The maximum atomic E-state index is 13.2. The third kappa shape index (κ3) is 1.63. The lowest BCUT2D eigenvalue weighted by Crippen LogP contribution is -2.05. The van der Waals surface area contributed by atoms with Crippen LogP contribution in [0.1, 0.15) is 30.0 Å². The second-order valence-corrected chi connectivity index (χ2v) is 4.16. The highest BCUT2D eigenvalue weighted by Crippen LogP contribution is 2.37. The van der Waals surface area contributed by atoms with E-state index in [1.54, 1.807) is 17.0 Å². The van der Waals surface area contributed by atoms with Crippen molar-refractivity contribution >= 4 is 0 Å². The first-order chi connectivity index (χ1) is 8.15. The number of hydrogen-bond donors (Lipinski definition) is 1. The summed E-state index contributed by atoms with van der Waals surface area (Å²) in [5.74, 6) is -0.675. The number of imidazole rings is 1. The summed E-state index contributed by atoms with van der Waals surface area (Å²) in [6, 6.07) is 3.15. The molecule has 1 aromatic carbocycles. The van der Waals surface area contributed by atoms with Gasteiger partial charge in [0.05, 0.1) is 6.04 Å². The van der Waals surface area contributed by atoms with Gasteiger partial charge in [-0.2, -0.15) is 0 Å². The van der Waals surface area contributed by atoms with E-state index in [9.17, 15) is 13.9 Å². The number of fused-ring (bicyclic) bond motifs is 1. The Kier molecular flexibility index (Phi) is 2.22. The Morgan fingerprint density at radius 3 is 2.65 bits per heavy atom. The molecule has 0 saturated carbocycles. The Balaban J connectivity index is 2.07. The van der Waals surface area contributed by atoms with E-state index in [4.69, 9.17) is 0 Å². The first-order valence-corrected chi connectivity index (χ1v) is 5.32. The Hall–Kier alpha value is -1.75. The summed E-state index contributed by atoms with van der Waals surface area (Å²) < 4.78 is 28.1. The molecule has 2 aromatic rings. The van der Waals surface area contributed by atoms with Gasteiger partial charge in [-0.3, -0.25) is 0 Å². The molecule has 2 heterocycles. The third-order valence-electron chi connectivity index (χ3n) is 3.05. The Morgan fingerprint density at radius 2 is 1.94 bits per heavy atom. The van der Waals surface area contributed by atoms with Crippen LogP contribution in [0.4, 0.5) is 8.78 Å². The zero-order chi connectivity index (χ0) is 12.0. The minimum atomic E-state index is -0.679. The molecule has 0 amide bonds. The van der Waals surface area contributed by atoms with Crippen molar-refractivity contribution in [1.29, 1.82) is 0 Å². The lowest BCUT2D eigenvalue weighted by molar-refractivity contribution is 0.172. The van der Waals surface area contributed by atoms with Crippen LogP contribution >= 0.6 is 0 Å². The number of nitrogens with zero attached hydrogens (tertiary/aromatic N) is 2. The van der Waals surface area contributed by atoms with E-state index in [2.05, 4.69) is 4.98 Å². The predicted molar refractivity (Wildman–Crippen MR) is 56.3 cm³/mol. The molecule has 5 heteroatoms. The molecule has 3 nitrogen and oxygen atoms in total. The van der Waals surface area contributed by atoms with Crippen molar-refractivity contribution in [2.75, 3.05) is 0 Å². The van der Waals surface area contributed by atoms with Crippen LogP contribution in [0.5, 0.6) is 0 Å². The Bertz CT molecular complexity index is 547. The molecule has 0 aliphatic carbocycles. The quantitative estimate of drug-likeness (QED) is 0.824. The van der Waals surface area contributed by atoms with Crippen LogP contribution < -0.4 is 0 Å². The van der Waals surface area contributed by atoms with E-state index in [0.29, 0.717) is 17.8 Å². The molecule has 17 heavy (non-hydrogen) atoms. The highest BCUT2D eigenvalue weighted by atomic mass is 19.1. The lowest BCUT2D eigenvalue weighted by atomic mass is 10.0. The van der Waals surface area contributed by atoms with Gasteiger partial charge in [0.1, 0.15) is 23.6 Å². The lowest BCUT2D eigenvalue weighted by Gasteiger charge is -2.13. The van der Waals surface area contributed by atoms with Gasteiger partial charge < -0.3 is 9.67 Å². The number of aromatic nitrogens is 2. The molecule has 1 aliphatic heterocycles. The van der Waals surface area contributed by atoms with Crippen molar-refractivity contribution in [3.05, 3.63) is 53.6 Å². The van der Waals surface area contributed by atoms with Gasteiger partial charge in [0.2, 0.25) is 0 Å². The maximum Gasteiger partial charge on any atom is 0.138 e. The highest BCUT2D eigenvalue weighted by molar-refractivity contribution is 5.26. The zero-order valence-corrected chi connectivity index (χ0v) is 8.85. The number of rotatable bonds is 1. The summed E-state index contributed by atoms with van der Waals surface area (Å²) in [6.07, 6.45) is 2.99. The van der Waals surface area contributed by atoms with Gasteiger partial charge in [0, 0.05) is 24.9 Å². The molecule has 0 fully saturated rings. The van der Waals surface area contributed by atoms with Crippen molar-refractivity contribution in [2.45, 2.75) is 18.6 Å². The summed E-state index contributed by atoms with van der Waals surface area (Å²) in [7, 11) is 0. The molecule has 1 aliphatic rings.